The van der Waals surface area contributed by atoms with Gasteiger partial charge in [-0.2, -0.15) is 0 Å². The molecular weight excluding hydrogens is 290 g/mol. The van der Waals surface area contributed by atoms with Gasteiger partial charge in [-0.3, -0.25) is 4.79 Å². The number of likely N-dealkylation sites (tertiary alicyclic amines) is 1. The van der Waals surface area contributed by atoms with Gasteiger partial charge in [0, 0.05) is 13.1 Å². The molecule has 1 N–H and O–H groups in total. The number of aromatic nitrogens is 2. The number of halogens is 2. The lowest BCUT2D eigenvalue weighted by Crippen LogP contribution is -2.33. The van der Waals surface area contributed by atoms with Crippen molar-refractivity contribution in [1.29, 1.82) is 0 Å². The van der Waals surface area contributed by atoms with Gasteiger partial charge in [-0.15, -0.1) is 0 Å². The molecule has 1 atom stereocenters. The normalized spacial score (nSPS) is 17.8. The van der Waals surface area contributed by atoms with Crippen molar-refractivity contribution in [2.24, 2.45) is 0 Å². The second-order valence-electron chi connectivity index (χ2n) is 5.10. The van der Waals surface area contributed by atoms with Crippen molar-refractivity contribution in [3.63, 3.8) is 0 Å². The minimum absolute atomic E-state index is 0.0720. The van der Waals surface area contributed by atoms with Crippen LogP contribution in [0.2, 0.25) is 0 Å². The van der Waals surface area contributed by atoms with Gasteiger partial charge in [-0.05, 0) is 24.1 Å². The van der Waals surface area contributed by atoms with Crippen LogP contribution in [0.15, 0.2) is 36.7 Å². The van der Waals surface area contributed by atoms with Crippen LogP contribution < -0.4 is 5.32 Å². The molecule has 7 heteroatoms. The largest absolute Gasteiger partial charge is 0.342 e. The number of rotatable bonds is 4. The summed E-state index contributed by atoms with van der Waals surface area (Å²) in [4.78, 5) is 21.6. The number of carbonyl (C=O) groups excluding carboxylic acids is 1. The number of nitrogens with one attached hydrogen (secondary N) is 1. The Morgan fingerprint density at radius 1 is 1.14 bits per heavy atom. The first-order valence-corrected chi connectivity index (χ1v) is 6.89. The Kier molecular flexibility index (Phi) is 3.95. The Balaban J connectivity index is 1.62. The third-order valence-electron chi connectivity index (χ3n) is 3.51. The molecule has 1 amide bonds. The second kappa shape index (κ2) is 6.05. The van der Waals surface area contributed by atoms with E-state index >= 15 is 0 Å². The fourth-order valence-corrected chi connectivity index (χ4v) is 2.38. The third-order valence-corrected chi connectivity index (χ3v) is 3.51. The molecule has 1 fully saturated rings. The van der Waals surface area contributed by atoms with Crippen LogP contribution in [-0.2, 0) is 11.3 Å². The summed E-state index contributed by atoms with van der Waals surface area (Å²) in [7, 11) is 0. The van der Waals surface area contributed by atoms with Crippen molar-refractivity contribution in [3.05, 3.63) is 53.9 Å². The van der Waals surface area contributed by atoms with Crippen molar-refractivity contribution in [2.75, 3.05) is 11.9 Å². The highest BCUT2D eigenvalue weighted by atomic mass is 19.1. The van der Waals surface area contributed by atoms with Crippen LogP contribution in [0, 0.1) is 11.6 Å². The number of anilines is 1. The van der Waals surface area contributed by atoms with E-state index in [1.54, 1.807) is 17.0 Å². The molecule has 0 aliphatic carbocycles. The zero-order valence-corrected chi connectivity index (χ0v) is 11.7. The van der Waals surface area contributed by atoms with E-state index in [1.807, 2.05) is 0 Å². The predicted molar refractivity (Wildman–Crippen MR) is 75.8 cm³/mol. The number of hydrogen-bond donors (Lipinski definition) is 1. The number of nitrogens with zero attached hydrogens (tertiary/aromatic N) is 3. The molecule has 0 bridgehead atoms. The molecule has 1 aliphatic rings. The fourth-order valence-electron chi connectivity index (χ4n) is 2.38. The molecule has 0 spiro atoms. The van der Waals surface area contributed by atoms with Crippen molar-refractivity contribution in [1.82, 2.24) is 14.9 Å². The lowest BCUT2D eigenvalue weighted by molar-refractivity contribution is -0.128. The first-order valence-electron chi connectivity index (χ1n) is 6.89. The van der Waals surface area contributed by atoms with Gasteiger partial charge in [0.05, 0.1) is 12.4 Å². The summed E-state index contributed by atoms with van der Waals surface area (Å²) in [5.74, 6) is -0.675. The average molecular weight is 304 g/mol. The first-order chi connectivity index (χ1) is 10.6. The molecule has 1 unspecified atom stereocenters. The topological polar surface area (TPSA) is 58.1 Å². The Hall–Kier alpha value is -2.57. The molecule has 2 heterocycles. The molecule has 1 saturated heterocycles. The van der Waals surface area contributed by atoms with E-state index in [2.05, 4.69) is 15.3 Å². The van der Waals surface area contributed by atoms with E-state index in [0.29, 0.717) is 19.5 Å². The molecule has 1 aromatic carbocycles. The summed E-state index contributed by atoms with van der Waals surface area (Å²) in [6.07, 6.45) is 2.71. The molecule has 2 aromatic rings. The highest BCUT2D eigenvalue weighted by molar-refractivity contribution is 5.86. The highest BCUT2D eigenvalue weighted by Gasteiger charge is 2.31. The van der Waals surface area contributed by atoms with E-state index in [1.165, 1.54) is 12.1 Å². The van der Waals surface area contributed by atoms with Gasteiger partial charge >= 0.3 is 0 Å². The number of hydrogen-bond acceptors (Lipinski definition) is 4. The lowest BCUT2D eigenvalue weighted by atomic mass is 10.2. The minimum Gasteiger partial charge on any atom is -0.342 e. The summed E-state index contributed by atoms with van der Waals surface area (Å²) < 4.78 is 25.6. The summed E-state index contributed by atoms with van der Waals surface area (Å²) in [6, 6.07) is 5.64. The summed E-state index contributed by atoms with van der Waals surface area (Å²) in [5, 5.41) is 2.90. The monoisotopic (exact) mass is 304 g/mol. The molecule has 22 heavy (non-hydrogen) atoms. The van der Waals surface area contributed by atoms with E-state index < -0.39 is 11.9 Å². The van der Waals surface area contributed by atoms with E-state index in [9.17, 15) is 13.6 Å². The van der Waals surface area contributed by atoms with Crippen LogP contribution in [0.25, 0.3) is 0 Å². The van der Waals surface area contributed by atoms with Crippen LogP contribution in [0.5, 0.6) is 0 Å². The van der Waals surface area contributed by atoms with Crippen molar-refractivity contribution in [2.45, 2.75) is 19.0 Å². The maximum atomic E-state index is 12.9. The standard InChI is InChI=1S/C15H14F2N4O/c16-11-3-1-10(2-4-11)9-21-6-5-13(14(21)22)20-15-18-7-12(17)8-19-15/h1-4,7-8,13H,5-6,9H2,(H,18,19,20). The summed E-state index contributed by atoms with van der Waals surface area (Å²) in [5.41, 5.74) is 0.869. The van der Waals surface area contributed by atoms with Gasteiger partial charge < -0.3 is 10.2 Å². The SMILES string of the molecule is O=C1C(Nc2ncc(F)cn2)CCN1Cc1ccc(F)cc1. The number of carbonyl (C=O) groups is 1. The summed E-state index contributed by atoms with van der Waals surface area (Å²) in [6.45, 7) is 1.02. The van der Waals surface area contributed by atoms with Gasteiger partial charge in [0.25, 0.3) is 0 Å². The van der Waals surface area contributed by atoms with E-state index in [-0.39, 0.29) is 17.7 Å². The molecular formula is C15H14F2N4O. The van der Waals surface area contributed by atoms with Crippen molar-refractivity contribution >= 4 is 11.9 Å². The van der Waals surface area contributed by atoms with Gasteiger partial charge in [-0.1, -0.05) is 12.1 Å². The Morgan fingerprint density at radius 2 is 1.82 bits per heavy atom. The van der Waals surface area contributed by atoms with E-state index in [4.69, 9.17) is 0 Å². The zero-order chi connectivity index (χ0) is 15.5. The van der Waals surface area contributed by atoms with Gasteiger partial charge in [0.15, 0.2) is 5.82 Å². The van der Waals surface area contributed by atoms with Crippen LogP contribution in [-0.4, -0.2) is 33.4 Å². The third kappa shape index (κ3) is 3.19. The Morgan fingerprint density at radius 3 is 2.50 bits per heavy atom. The van der Waals surface area contributed by atoms with Gasteiger partial charge in [0.1, 0.15) is 11.9 Å². The molecule has 5 nitrogen and oxygen atoms in total. The smallest absolute Gasteiger partial charge is 0.245 e. The number of amides is 1. The highest BCUT2D eigenvalue weighted by Crippen LogP contribution is 2.18. The Labute approximate surface area is 126 Å². The average Bonchev–Trinajstić information content (AvgIpc) is 2.85. The zero-order valence-electron chi connectivity index (χ0n) is 11.7. The van der Waals surface area contributed by atoms with Crippen LogP contribution in [0.1, 0.15) is 12.0 Å². The molecule has 1 aliphatic heterocycles. The van der Waals surface area contributed by atoms with Gasteiger partial charge in [0.2, 0.25) is 11.9 Å². The maximum Gasteiger partial charge on any atom is 0.245 e. The molecule has 114 valence electrons. The van der Waals surface area contributed by atoms with Crippen LogP contribution >= 0.6 is 0 Å². The molecule has 0 saturated carbocycles. The van der Waals surface area contributed by atoms with Crippen molar-refractivity contribution < 1.29 is 13.6 Å². The van der Waals surface area contributed by atoms with Gasteiger partial charge in [-0.25, -0.2) is 18.7 Å². The number of benzene rings is 1. The maximum absolute atomic E-state index is 12.9. The fraction of sp³-hybridized carbons (Fsp3) is 0.267. The Bertz CT molecular complexity index is 603. The van der Waals surface area contributed by atoms with Crippen LogP contribution in [0.3, 0.4) is 0 Å². The van der Waals surface area contributed by atoms with Crippen LogP contribution in [0.4, 0.5) is 14.7 Å². The first kappa shape index (κ1) is 14.4. The summed E-state index contributed by atoms with van der Waals surface area (Å²) >= 11 is 0. The van der Waals surface area contributed by atoms with Crippen molar-refractivity contribution in [3.8, 4) is 0 Å². The molecule has 1 aromatic heterocycles. The minimum atomic E-state index is -0.527. The quantitative estimate of drug-likeness (QED) is 0.938. The molecule has 3 rings (SSSR count). The molecule has 0 radical (unpaired) electrons. The predicted octanol–water partition coefficient (Wildman–Crippen LogP) is 1.97. The van der Waals surface area contributed by atoms with E-state index in [0.717, 1.165) is 18.0 Å². The second-order valence-corrected chi connectivity index (χ2v) is 5.10. The lowest BCUT2D eigenvalue weighted by Gasteiger charge is -2.17.